The lowest BCUT2D eigenvalue weighted by atomic mass is 10.2. The highest BCUT2D eigenvalue weighted by Gasteiger charge is 1.97. The molecular weight excluding hydrogens is 150 g/mol. The molecule has 0 heterocycles. The van der Waals surface area contributed by atoms with Crippen LogP contribution >= 0.6 is 0 Å². The van der Waals surface area contributed by atoms with Crippen LogP contribution in [0.3, 0.4) is 0 Å². The van der Waals surface area contributed by atoms with Gasteiger partial charge in [0.05, 0.1) is 7.11 Å². The predicted molar refractivity (Wildman–Crippen MR) is 50.0 cm³/mol. The zero-order valence-corrected chi connectivity index (χ0v) is 7.58. The van der Waals surface area contributed by atoms with Crippen molar-refractivity contribution in [2.75, 3.05) is 14.2 Å². The molecule has 0 aliphatic carbocycles. The monoisotopic (exact) mass is 164 g/mol. The van der Waals surface area contributed by atoms with Crippen molar-refractivity contribution in [2.45, 2.75) is 6.54 Å². The van der Waals surface area contributed by atoms with Crippen LogP contribution in [-0.2, 0) is 6.54 Å². The largest absolute Gasteiger partial charge is 0.497 e. The summed E-state index contributed by atoms with van der Waals surface area (Å²) in [5.41, 5.74) is 1.24. The molecule has 0 spiro atoms. The molecule has 0 saturated heterocycles. The fraction of sp³-hybridized carbons (Fsp3) is 0.300. The van der Waals surface area contributed by atoms with Crippen LogP contribution in [0, 0.1) is 0 Å². The van der Waals surface area contributed by atoms with E-state index < -0.39 is 0 Å². The first-order valence-corrected chi connectivity index (χ1v) is 3.87. The predicted octanol–water partition coefficient (Wildman–Crippen LogP) is 1.54. The van der Waals surface area contributed by atoms with Crippen LogP contribution < -0.4 is 4.74 Å². The maximum atomic E-state index is 5.04. The lowest BCUT2D eigenvalue weighted by Crippen LogP contribution is -2.01. The van der Waals surface area contributed by atoms with Crippen molar-refractivity contribution >= 4 is 6.72 Å². The standard InChI is InChI=1S/C10H14NO/c1-11(2)8-9-4-6-10(12-3)7-5-9/h4-7H,1,8H2,2-3H3/q+1. The van der Waals surface area contributed by atoms with Gasteiger partial charge in [0.25, 0.3) is 0 Å². The van der Waals surface area contributed by atoms with Crippen LogP contribution in [0.1, 0.15) is 5.56 Å². The lowest BCUT2D eigenvalue weighted by molar-refractivity contribution is -0.505. The summed E-state index contributed by atoms with van der Waals surface area (Å²) in [5.74, 6) is 0.894. The van der Waals surface area contributed by atoms with Gasteiger partial charge in [-0.1, -0.05) is 0 Å². The van der Waals surface area contributed by atoms with E-state index in [4.69, 9.17) is 4.74 Å². The maximum Gasteiger partial charge on any atom is 0.167 e. The molecule has 0 bridgehead atoms. The second kappa shape index (κ2) is 3.90. The highest BCUT2D eigenvalue weighted by atomic mass is 16.5. The molecule has 64 valence electrons. The molecule has 0 unspecified atom stereocenters. The summed E-state index contributed by atoms with van der Waals surface area (Å²) >= 11 is 0. The van der Waals surface area contributed by atoms with E-state index in [0.717, 1.165) is 12.3 Å². The molecule has 2 nitrogen and oxygen atoms in total. The van der Waals surface area contributed by atoms with E-state index in [1.165, 1.54) is 5.56 Å². The Hall–Kier alpha value is -1.31. The summed E-state index contributed by atoms with van der Waals surface area (Å²) in [7, 11) is 3.62. The van der Waals surface area contributed by atoms with Crippen molar-refractivity contribution in [3.63, 3.8) is 0 Å². The van der Waals surface area contributed by atoms with Crippen molar-refractivity contribution in [1.29, 1.82) is 0 Å². The Morgan fingerprint density at radius 2 is 1.92 bits per heavy atom. The summed E-state index contributed by atoms with van der Waals surface area (Å²) in [6.07, 6.45) is 0. The van der Waals surface area contributed by atoms with Crippen LogP contribution in [0.5, 0.6) is 5.75 Å². The Labute approximate surface area is 73.1 Å². The minimum absolute atomic E-state index is 0.865. The molecule has 0 aliphatic rings. The van der Waals surface area contributed by atoms with Gasteiger partial charge in [-0.3, -0.25) is 0 Å². The molecular formula is C10H14NO+. The topological polar surface area (TPSA) is 12.2 Å². The average molecular weight is 164 g/mol. The lowest BCUT2D eigenvalue weighted by Gasteiger charge is -2.00. The van der Waals surface area contributed by atoms with Crippen molar-refractivity contribution in [1.82, 2.24) is 0 Å². The third-order valence-electron chi connectivity index (χ3n) is 1.61. The Bertz CT molecular complexity index is 264. The number of ether oxygens (including phenoxy) is 1. The molecule has 0 atom stereocenters. The van der Waals surface area contributed by atoms with E-state index in [1.807, 2.05) is 35.9 Å². The molecule has 0 amide bonds. The van der Waals surface area contributed by atoms with Crippen molar-refractivity contribution < 1.29 is 9.31 Å². The van der Waals surface area contributed by atoms with Gasteiger partial charge in [-0.05, 0) is 24.3 Å². The van der Waals surface area contributed by atoms with Gasteiger partial charge in [0.1, 0.15) is 19.5 Å². The van der Waals surface area contributed by atoms with Gasteiger partial charge in [0.2, 0.25) is 0 Å². The molecule has 1 rings (SSSR count). The summed E-state index contributed by atoms with van der Waals surface area (Å²) in [4.78, 5) is 0. The Kier molecular flexibility index (Phi) is 2.86. The highest BCUT2D eigenvalue weighted by Crippen LogP contribution is 2.11. The molecule has 0 radical (unpaired) electrons. The van der Waals surface area contributed by atoms with Gasteiger partial charge in [0, 0.05) is 5.56 Å². The van der Waals surface area contributed by atoms with Crippen molar-refractivity contribution in [2.24, 2.45) is 0 Å². The first kappa shape index (κ1) is 8.78. The molecule has 1 aromatic rings. The number of rotatable bonds is 3. The fourth-order valence-corrected chi connectivity index (χ4v) is 1.04. The first-order chi connectivity index (χ1) is 5.72. The summed E-state index contributed by atoms with van der Waals surface area (Å²) < 4.78 is 6.94. The van der Waals surface area contributed by atoms with Crippen LogP contribution in [0.25, 0.3) is 0 Å². The quantitative estimate of drug-likeness (QED) is 0.487. The van der Waals surface area contributed by atoms with E-state index in [1.54, 1.807) is 7.11 Å². The van der Waals surface area contributed by atoms with Gasteiger partial charge in [-0.2, -0.15) is 0 Å². The van der Waals surface area contributed by atoms with Crippen molar-refractivity contribution in [3.05, 3.63) is 29.8 Å². The Morgan fingerprint density at radius 1 is 1.33 bits per heavy atom. The van der Waals surface area contributed by atoms with Crippen LogP contribution in [0.15, 0.2) is 24.3 Å². The van der Waals surface area contributed by atoms with Crippen LogP contribution in [-0.4, -0.2) is 25.5 Å². The maximum absolute atomic E-state index is 5.04. The fourth-order valence-electron chi connectivity index (χ4n) is 1.04. The number of hydrogen-bond acceptors (Lipinski definition) is 1. The highest BCUT2D eigenvalue weighted by molar-refractivity contribution is 5.26. The second-order valence-corrected chi connectivity index (χ2v) is 2.86. The SMILES string of the molecule is C=[N+](C)Cc1ccc(OC)cc1. The van der Waals surface area contributed by atoms with E-state index in [9.17, 15) is 0 Å². The van der Waals surface area contributed by atoms with Gasteiger partial charge in [0.15, 0.2) is 6.54 Å². The summed E-state index contributed by atoms with van der Waals surface area (Å²) in [5, 5.41) is 0. The van der Waals surface area contributed by atoms with Gasteiger partial charge in [-0.15, -0.1) is 0 Å². The minimum atomic E-state index is 0.865. The van der Waals surface area contributed by atoms with E-state index >= 15 is 0 Å². The molecule has 2 heteroatoms. The molecule has 0 N–H and O–H groups in total. The third kappa shape index (κ3) is 2.38. The first-order valence-electron chi connectivity index (χ1n) is 3.87. The summed E-state index contributed by atoms with van der Waals surface area (Å²) in [6, 6.07) is 8.00. The third-order valence-corrected chi connectivity index (χ3v) is 1.61. The molecule has 0 aromatic heterocycles. The normalized spacial score (nSPS) is 9.50. The molecule has 0 aliphatic heterocycles. The zero-order valence-electron chi connectivity index (χ0n) is 7.58. The molecule has 0 fully saturated rings. The zero-order chi connectivity index (χ0) is 8.97. The van der Waals surface area contributed by atoms with Gasteiger partial charge < -0.3 is 4.74 Å². The Morgan fingerprint density at radius 3 is 2.33 bits per heavy atom. The van der Waals surface area contributed by atoms with Crippen molar-refractivity contribution in [3.8, 4) is 5.75 Å². The molecule has 1 aromatic carbocycles. The van der Waals surface area contributed by atoms with Crippen LogP contribution in [0.4, 0.5) is 0 Å². The van der Waals surface area contributed by atoms with Gasteiger partial charge in [-0.25, -0.2) is 4.58 Å². The number of hydrogen-bond donors (Lipinski definition) is 0. The molecule has 12 heavy (non-hydrogen) atoms. The Balaban J connectivity index is 2.71. The van der Waals surface area contributed by atoms with Gasteiger partial charge >= 0.3 is 0 Å². The smallest absolute Gasteiger partial charge is 0.167 e. The number of benzene rings is 1. The minimum Gasteiger partial charge on any atom is -0.497 e. The second-order valence-electron chi connectivity index (χ2n) is 2.86. The van der Waals surface area contributed by atoms with E-state index in [2.05, 4.69) is 6.72 Å². The molecule has 0 saturated carbocycles. The number of nitrogens with zero attached hydrogens (tertiary/aromatic N) is 1. The summed E-state index contributed by atoms with van der Waals surface area (Å²) in [6.45, 7) is 4.64. The van der Waals surface area contributed by atoms with E-state index in [0.29, 0.717) is 0 Å². The van der Waals surface area contributed by atoms with Crippen LogP contribution in [0.2, 0.25) is 0 Å². The number of methoxy groups -OCH3 is 1. The van der Waals surface area contributed by atoms with E-state index in [-0.39, 0.29) is 0 Å². The average Bonchev–Trinajstić information content (AvgIpc) is 2.05.